The highest BCUT2D eigenvalue weighted by atomic mass is 32.2. The predicted molar refractivity (Wildman–Crippen MR) is 74.7 cm³/mol. The van der Waals surface area contributed by atoms with Crippen LogP contribution < -0.4 is 15.0 Å². The first kappa shape index (κ1) is 11.7. The Balaban J connectivity index is 2.08. The lowest BCUT2D eigenvalue weighted by Crippen LogP contribution is -2.42. The maximum atomic E-state index is 12.0. The smallest absolute Gasteiger partial charge is 0.226 e. The van der Waals surface area contributed by atoms with Crippen molar-refractivity contribution in [1.82, 2.24) is 0 Å². The Kier molecular flexibility index (Phi) is 3.07. The molecular weight excluding hydrogens is 248 g/mol. The molecule has 0 bridgehead atoms. The average Bonchev–Trinajstić information content (AvgIpc) is 2.53. The van der Waals surface area contributed by atoms with Gasteiger partial charge in [0.2, 0.25) is 5.91 Å². The summed E-state index contributed by atoms with van der Waals surface area (Å²) >= 11 is 1.92. The number of thioether (sulfide) groups is 1. The standard InChI is InChI=1S/C13H16N2O2S/c1-17-11-4-2-3-10-13(11)14-12(16)7-9-8-18-6-5-15(9)10/h2-4,9H,5-8H2,1H3,(H,14,16). The highest BCUT2D eigenvalue weighted by molar-refractivity contribution is 7.99. The zero-order chi connectivity index (χ0) is 12.5. The minimum absolute atomic E-state index is 0.0794. The molecule has 1 aromatic rings. The number of amides is 1. The maximum Gasteiger partial charge on any atom is 0.226 e. The highest BCUT2D eigenvalue weighted by Gasteiger charge is 2.31. The van der Waals surface area contributed by atoms with Crippen LogP contribution in [0.5, 0.6) is 5.75 Å². The van der Waals surface area contributed by atoms with Crippen LogP contribution in [0.1, 0.15) is 6.42 Å². The normalized spacial score (nSPS) is 22.6. The van der Waals surface area contributed by atoms with Gasteiger partial charge in [0, 0.05) is 30.5 Å². The number of benzene rings is 1. The molecule has 1 unspecified atom stereocenters. The quantitative estimate of drug-likeness (QED) is 0.842. The average molecular weight is 264 g/mol. The molecule has 1 fully saturated rings. The Labute approximate surface area is 111 Å². The first-order valence-corrected chi connectivity index (χ1v) is 7.26. The summed E-state index contributed by atoms with van der Waals surface area (Å²) in [6.45, 7) is 0.991. The summed E-state index contributed by atoms with van der Waals surface area (Å²) in [4.78, 5) is 14.3. The Morgan fingerprint density at radius 3 is 3.22 bits per heavy atom. The van der Waals surface area contributed by atoms with Gasteiger partial charge in [0.15, 0.2) is 0 Å². The molecular formula is C13H16N2O2S. The number of carbonyl (C=O) groups is 1. The number of para-hydroxylation sites is 1. The maximum absolute atomic E-state index is 12.0. The van der Waals surface area contributed by atoms with Gasteiger partial charge in [0.05, 0.1) is 12.8 Å². The largest absolute Gasteiger partial charge is 0.494 e. The van der Waals surface area contributed by atoms with E-state index < -0.39 is 0 Å². The number of hydrogen-bond donors (Lipinski definition) is 1. The number of hydrogen-bond acceptors (Lipinski definition) is 4. The lowest BCUT2D eigenvalue weighted by molar-refractivity contribution is -0.116. The number of anilines is 2. The van der Waals surface area contributed by atoms with Crippen LogP contribution in [0.2, 0.25) is 0 Å². The molecule has 2 aliphatic heterocycles. The molecule has 1 N–H and O–H groups in total. The molecule has 1 amide bonds. The van der Waals surface area contributed by atoms with Crippen LogP contribution in [-0.4, -0.2) is 37.1 Å². The molecule has 1 atom stereocenters. The second-order valence-electron chi connectivity index (χ2n) is 4.53. The number of nitrogens with zero attached hydrogens (tertiary/aromatic N) is 1. The second-order valence-corrected chi connectivity index (χ2v) is 5.68. The van der Waals surface area contributed by atoms with Gasteiger partial charge in [-0.2, -0.15) is 11.8 Å². The van der Waals surface area contributed by atoms with Crippen molar-refractivity contribution in [3.8, 4) is 5.75 Å². The van der Waals surface area contributed by atoms with Gasteiger partial charge in [-0.1, -0.05) is 6.07 Å². The van der Waals surface area contributed by atoms with Crippen molar-refractivity contribution in [3.05, 3.63) is 18.2 Å². The summed E-state index contributed by atoms with van der Waals surface area (Å²) in [5, 5.41) is 2.98. The van der Waals surface area contributed by atoms with Gasteiger partial charge in [-0.05, 0) is 12.1 Å². The van der Waals surface area contributed by atoms with E-state index in [-0.39, 0.29) is 5.91 Å². The molecule has 0 spiro atoms. The minimum atomic E-state index is 0.0794. The van der Waals surface area contributed by atoms with Crippen molar-refractivity contribution in [2.24, 2.45) is 0 Å². The van der Waals surface area contributed by atoms with Crippen LogP contribution in [0.4, 0.5) is 11.4 Å². The summed E-state index contributed by atoms with van der Waals surface area (Å²) < 4.78 is 5.35. The molecule has 96 valence electrons. The molecule has 3 rings (SSSR count). The van der Waals surface area contributed by atoms with Crippen LogP contribution in [0, 0.1) is 0 Å². The molecule has 1 aromatic carbocycles. The SMILES string of the molecule is COc1cccc2c1NC(=O)CC1CSCCN21. The van der Waals surface area contributed by atoms with E-state index in [9.17, 15) is 4.79 Å². The zero-order valence-electron chi connectivity index (χ0n) is 10.3. The van der Waals surface area contributed by atoms with Gasteiger partial charge in [-0.3, -0.25) is 4.79 Å². The number of methoxy groups -OCH3 is 1. The van der Waals surface area contributed by atoms with E-state index in [2.05, 4.69) is 16.3 Å². The fraction of sp³-hybridized carbons (Fsp3) is 0.462. The third-order valence-electron chi connectivity index (χ3n) is 3.45. The summed E-state index contributed by atoms with van der Waals surface area (Å²) in [7, 11) is 1.64. The van der Waals surface area contributed by atoms with Crippen molar-refractivity contribution in [3.63, 3.8) is 0 Å². The predicted octanol–water partition coefficient (Wildman–Crippen LogP) is 1.96. The second kappa shape index (κ2) is 4.72. The van der Waals surface area contributed by atoms with E-state index in [0.717, 1.165) is 35.2 Å². The first-order chi connectivity index (χ1) is 8.79. The summed E-state index contributed by atoms with van der Waals surface area (Å²) in [5.41, 5.74) is 1.91. The van der Waals surface area contributed by atoms with Crippen molar-refractivity contribution >= 4 is 29.0 Å². The molecule has 1 saturated heterocycles. The Hall–Kier alpha value is -1.36. The van der Waals surface area contributed by atoms with E-state index in [1.54, 1.807) is 7.11 Å². The molecule has 0 saturated carbocycles. The number of fused-ring (bicyclic) bond motifs is 3. The van der Waals surface area contributed by atoms with Gasteiger partial charge in [-0.25, -0.2) is 0 Å². The van der Waals surface area contributed by atoms with Crippen molar-refractivity contribution in [1.29, 1.82) is 0 Å². The molecule has 4 nitrogen and oxygen atoms in total. The lowest BCUT2D eigenvalue weighted by Gasteiger charge is -2.35. The number of carbonyl (C=O) groups excluding carboxylic acids is 1. The van der Waals surface area contributed by atoms with Gasteiger partial charge in [0.25, 0.3) is 0 Å². The van der Waals surface area contributed by atoms with E-state index in [1.165, 1.54) is 0 Å². The Morgan fingerprint density at radius 1 is 1.50 bits per heavy atom. The monoisotopic (exact) mass is 264 g/mol. The van der Waals surface area contributed by atoms with Crippen LogP contribution in [0.3, 0.4) is 0 Å². The van der Waals surface area contributed by atoms with Crippen molar-refractivity contribution in [2.45, 2.75) is 12.5 Å². The molecule has 2 heterocycles. The molecule has 0 radical (unpaired) electrons. The first-order valence-electron chi connectivity index (χ1n) is 6.11. The van der Waals surface area contributed by atoms with E-state index in [0.29, 0.717) is 12.5 Å². The Morgan fingerprint density at radius 2 is 2.39 bits per heavy atom. The van der Waals surface area contributed by atoms with Gasteiger partial charge in [0.1, 0.15) is 11.4 Å². The van der Waals surface area contributed by atoms with Crippen molar-refractivity contribution < 1.29 is 9.53 Å². The van der Waals surface area contributed by atoms with Crippen LogP contribution >= 0.6 is 11.8 Å². The van der Waals surface area contributed by atoms with Gasteiger partial charge >= 0.3 is 0 Å². The lowest BCUT2D eigenvalue weighted by atomic mass is 10.1. The van der Waals surface area contributed by atoms with Crippen LogP contribution in [0.15, 0.2) is 18.2 Å². The minimum Gasteiger partial charge on any atom is -0.494 e. The number of ether oxygens (including phenoxy) is 1. The third-order valence-corrected chi connectivity index (χ3v) is 4.54. The molecule has 18 heavy (non-hydrogen) atoms. The van der Waals surface area contributed by atoms with Crippen LogP contribution in [0.25, 0.3) is 0 Å². The van der Waals surface area contributed by atoms with E-state index in [1.807, 2.05) is 23.9 Å². The summed E-state index contributed by atoms with van der Waals surface area (Å²) in [5.74, 6) is 2.95. The van der Waals surface area contributed by atoms with Crippen LogP contribution in [-0.2, 0) is 4.79 Å². The zero-order valence-corrected chi connectivity index (χ0v) is 11.1. The van der Waals surface area contributed by atoms with Crippen molar-refractivity contribution in [2.75, 3.05) is 35.4 Å². The molecule has 0 aromatic heterocycles. The number of rotatable bonds is 1. The fourth-order valence-corrected chi connectivity index (χ4v) is 3.66. The molecule has 0 aliphatic carbocycles. The molecule has 2 aliphatic rings. The summed E-state index contributed by atoms with van der Waals surface area (Å²) in [6, 6.07) is 6.23. The molecule has 5 heteroatoms. The fourth-order valence-electron chi connectivity index (χ4n) is 2.60. The summed E-state index contributed by atoms with van der Waals surface area (Å²) in [6.07, 6.45) is 0.560. The number of nitrogens with one attached hydrogen (secondary N) is 1. The van der Waals surface area contributed by atoms with Gasteiger partial charge < -0.3 is 15.0 Å². The van der Waals surface area contributed by atoms with E-state index in [4.69, 9.17) is 4.74 Å². The Bertz CT molecular complexity index is 478. The highest BCUT2D eigenvalue weighted by Crippen LogP contribution is 2.40. The topological polar surface area (TPSA) is 41.6 Å². The van der Waals surface area contributed by atoms with E-state index >= 15 is 0 Å². The van der Waals surface area contributed by atoms with Gasteiger partial charge in [-0.15, -0.1) is 0 Å². The third kappa shape index (κ3) is 1.92.